The minimum atomic E-state index is -0.391. The summed E-state index contributed by atoms with van der Waals surface area (Å²) in [5, 5.41) is 2.84. The van der Waals surface area contributed by atoms with E-state index in [0.717, 1.165) is 5.69 Å². The van der Waals surface area contributed by atoms with E-state index in [4.69, 9.17) is 4.74 Å². The zero-order valence-corrected chi connectivity index (χ0v) is 11.4. The second-order valence-electron chi connectivity index (χ2n) is 5.18. The third-order valence-corrected chi connectivity index (χ3v) is 3.35. The Hall–Kier alpha value is -2.04. The van der Waals surface area contributed by atoms with Crippen molar-refractivity contribution < 1.29 is 14.3 Å². The number of esters is 1. The topological polar surface area (TPSA) is 58.6 Å². The minimum absolute atomic E-state index is 0.0426. The highest BCUT2D eigenvalue weighted by atomic mass is 16.5. The van der Waals surface area contributed by atoms with Gasteiger partial charge in [0.2, 0.25) is 5.91 Å². The number of benzene rings is 1. The van der Waals surface area contributed by atoms with E-state index >= 15 is 0 Å². The molecule has 0 saturated carbocycles. The number of anilines is 1. The summed E-state index contributed by atoms with van der Waals surface area (Å²) in [7, 11) is 1.35. The van der Waals surface area contributed by atoms with Crippen molar-refractivity contribution in [2.24, 2.45) is 0 Å². The van der Waals surface area contributed by atoms with Crippen molar-refractivity contribution in [1.82, 2.24) is 5.32 Å². The van der Waals surface area contributed by atoms with Gasteiger partial charge in [0.05, 0.1) is 30.4 Å². The van der Waals surface area contributed by atoms with Gasteiger partial charge in [-0.3, -0.25) is 4.79 Å². The summed E-state index contributed by atoms with van der Waals surface area (Å²) in [5.41, 5.74) is 0.958. The first-order chi connectivity index (χ1) is 8.95. The van der Waals surface area contributed by atoms with Gasteiger partial charge < -0.3 is 15.0 Å². The molecule has 5 nitrogen and oxygen atoms in total. The maximum atomic E-state index is 11.8. The number of nitrogens with one attached hydrogen (secondary N) is 1. The predicted octanol–water partition coefficient (Wildman–Crippen LogP) is 1.19. The van der Waals surface area contributed by atoms with Crippen LogP contribution in [0.3, 0.4) is 0 Å². The van der Waals surface area contributed by atoms with Crippen molar-refractivity contribution in [3.05, 3.63) is 29.8 Å². The molecule has 1 saturated heterocycles. The molecular weight excluding hydrogens is 244 g/mol. The van der Waals surface area contributed by atoms with Gasteiger partial charge in [-0.05, 0) is 26.0 Å². The van der Waals surface area contributed by atoms with Crippen molar-refractivity contribution in [2.75, 3.05) is 25.1 Å². The van der Waals surface area contributed by atoms with Crippen LogP contribution in [0.4, 0.5) is 5.69 Å². The lowest BCUT2D eigenvalue weighted by molar-refractivity contribution is -0.121. The lowest BCUT2D eigenvalue weighted by Gasteiger charge is -2.44. The summed E-state index contributed by atoms with van der Waals surface area (Å²) in [4.78, 5) is 25.4. The summed E-state index contributed by atoms with van der Waals surface area (Å²) in [5.74, 6) is -0.434. The standard InChI is InChI=1S/C14H18N2O3/c1-14(2)9-15-12(17)8-16(14)11-7-5-4-6-10(11)13(18)19-3/h4-7H,8-9H2,1-3H3,(H,15,17). The van der Waals surface area contributed by atoms with Crippen molar-refractivity contribution in [1.29, 1.82) is 0 Å². The van der Waals surface area contributed by atoms with E-state index in [-0.39, 0.29) is 18.0 Å². The van der Waals surface area contributed by atoms with Crippen LogP contribution in [0.2, 0.25) is 0 Å². The van der Waals surface area contributed by atoms with Gasteiger partial charge in [0.25, 0.3) is 0 Å². The van der Waals surface area contributed by atoms with Gasteiger partial charge in [-0.1, -0.05) is 12.1 Å². The predicted molar refractivity (Wildman–Crippen MR) is 72.2 cm³/mol. The molecule has 0 atom stereocenters. The Morgan fingerprint density at radius 1 is 1.37 bits per heavy atom. The van der Waals surface area contributed by atoms with Crippen LogP contribution in [-0.4, -0.2) is 37.6 Å². The Balaban J connectivity index is 2.45. The smallest absolute Gasteiger partial charge is 0.339 e. The maximum absolute atomic E-state index is 11.8. The second kappa shape index (κ2) is 4.91. The molecule has 5 heteroatoms. The van der Waals surface area contributed by atoms with Crippen LogP contribution < -0.4 is 10.2 Å². The van der Waals surface area contributed by atoms with E-state index < -0.39 is 5.97 Å². The van der Waals surface area contributed by atoms with E-state index in [1.165, 1.54) is 7.11 Å². The molecule has 102 valence electrons. The Morgan fingerprint density at radius 2 is 2.05 bits per heavy atom. The number of methoxy groups -OCH3 is 1. The lowest BCUT2D eigenvalue weighted by Crippen LogP contribution is -2.60. The largest absolute Gasteiger partial charge is 0.465 e. The van der Waals surface area contributed by atoms with E-state index in [2.05, 4.69) is 5.32 Å². The molecule has 0 spiro atoms. The fraction of sp³-hybridized carbons (Fsp3) is 0.429. The number of para-hydroxylation sites is 1. The molecule has 1 heterocycles. The van der Waals surface area contributed by atoms with Gasteiger partial charge in [-0.2, -0.15) is 0 Å². The molecule has 0 radical (unpaired) electrons. The Labute approximate surface area is 112 Å². The SMILES string of the molecule is COC(=O)c1ccccc1N1CC(=O)NCC1(C)C. The first kappa shape index (κ1) is 13.4. The van der Waals surface area contributed by atoms with Crippen LogP contribution in [0, 0.1) is 0 Å². The van der Waals surface area contributed by atoms with Crippen molar-refractivity contribution >= 4 is 17.6 Å². The monoisotopic (exact) mass is 262 g/mol. The fourth-order valence-corrected chi connectivity index (χ4v) is 2.23. The molecule has 1 amide bonds. The molecule has 0 aromatic heterocycles. The molecule has 1 fully saturated rings. The molecule has 1 aromatic rings. The van der Waals surface area contributed by atoms with Gasteiger partial charge in [-0.15, -0.1) is 0 Å². The number of piperazine rings is 1. The summed E-state index contributed by atoms with van der Waals surface area (Å²) in [6, 6.07) is 7.19. The summed E-state index contributed by atoms with van der Waals surface area (Å²) in [6.07, 6.45) is 0. The average molecular weight is 262 g/mol. The minimum Gasteiger partial charge on any atom is -0.465 e. The Bertz CT molecular complexity index is 511. The van der Waals surface area contributed by atoms with Crippen LogP contribution >= 0.6 is 0 Å². The van der Waals surface area contributed by atoms with Gasteiger partial charge in [-0.25, -0.2) is 4.79 Å². The molecule has 0 bridgehead atoms. The third-order valence-electron chi connectivity index (χ3n) is 3.35. The van der Waals surface area contributed by atoms with Crippen LogP contribution in [0.15, 0.2) is 24.3 Å². The number of hydrogen-bond donors (Lipinski definition) is 1. The maximum Gasteiger partial charge on any atom is 0.339 e. The highest BCUT2D eigenvalue weighted by Crippen LogP contribution is 2.29. The fourth-order valence-electron chi connectivity index (χ4n) is 2.23. The van der Waals surface area contributed by atoms with E-state index in [9.17, 15) is 9.59 Å². The molecule has 1 aromatic carbocycles. The number of hydrogen-bond acceptors (Lipinski definition) is 4. The zero-order chi connectivity index (χ0) is 14.0. The quantitative estimate of drug-likeness (QED) is 0.813. The first-order valence-electron chi connectivity index (χ1n) is 6.17. The molecule has 0 unspecified atom stereocenters. The average Bonchev–Trinajstić information content (AvgIpc) is 2.41. The second-order valence-corrected chi connectivity index (χ2v) is 5.18. The molecule has 1 aliphatic heterocycles. The zero-order valence-electron chi connectivity index (χ0n) is 11.4. The number of ether oxygens (including phenoxy) is 1. The number of carbonyl (C=O) groups is 2. The van der Waals surface area contributed by atoms with Crippen LogP contribution in [0.1, 0.15) is 24.2 Å². The van der Waals surface area contributed by atoms with E-state index in [1.807, 2.05) is 30.9 Å². The molecule has 0 aliphatic carbocycles. The highest BCUT2D eigenvalue weighted by molar-refractivity contribution is 5.97. The molecular formula is C14H18N2O3. The third kappa shape index (κ3) is 2.54. The first-order valence-corrected chi connectivity index (χ1v) is 6.17. The summed E-state index contributed by atoms with van der Waals surface area (Å²) < 4.78 is 4.80. The van der Waals surface area contributed by atoms with Crippen LogP contribution in [0.25, 0.3) is 0 Å². The van der Waals surface area contributed by atoms with Crippen LogP contribution in [-0.2, 0) is 9.53 Å². The Kier molecular flexibility index (Phi) is 3.46. The molecule has 2 rings (SSSR count). The number of rotatable bonds is 2. The molecule has 19 heavy (non-hydrogen) atoms. The van der Waals surface area contributed by atoms with Crippen molar-refractivity contribution in [2.45, 2.75) is 19.4 Å². The number of amides is 1. The molecule has 1 N–H and O–H groups in total. The molecule has 1 aliphatic rings. The summed E-state index contributed by atoms with van der Waals surface area (Å²) >= 11 is 0. The van der Waals surface area contributed by atoms with Crippen LogP contribution in [0.5, 0.6) is 0 Å². The van der Waals surface area contributed by atoms with Crippen molar-refractivity contribution in [3.8, 4) is 0 Å². The van der Waals surface area contributed by atoms with Gasteiger partial charge in [0, 0.05) is 6.54 Å². The van der Waals surface area contributed by atoms with E-state index in [1.54, 1.807) is 12.1 Å². The Morgan fingerprint density at radius 3 is 2.74 bits per heavy atom. The number of carbonyl (C=O) groups excluding carboxylic acids is 2. The lowest BCUT2D eigenvalue weighted by atomic mass is 9.97. The summed E-state index contributed by atoms with van der Waals surface area (Å²) in [6.45, 7) is 4.84. The van der Waals surface area contributed by atoms with Gasteiger partial charge >= 0.3 is 5.97 Å². The van der Waals surface area contributed by atoms with Crippen molar-refractivity contribution in [3.63, 3.8) is 0 Å². The van der Waals surface area contributed by atoms with Gasteiger partial charge in [0.1, 0.15) is 0 Å². The number of nitrogens with zero attached hydrogens (tertiary/aromatic N) is 1. The van der Waals surface area contributed by atoms with E-state index in [0.29, 0.717) is 12.1 Å². The normalized spacial score (nSPS) is 17.8. The highest BCUT2D eigenvalue weighted by Gasteiger charge is 2.35. The van der Waals surface area contributed by atoms with Gasteiger partial charge in [0.15, 0.2) is 0 Å².